The van der Waals surface area contributed by atoms with Crippen LogP contribution < -0.4 is 0 Å². The third kappa shape index (κ3) is 5.34. The molecule has 4 nitrogen and oxygen atoms in total. The first-order valence-corrected chi connectivity index (χ1v) is 5.19. The molecule has 0 bridgehead atoms. The van der Waals surface area contributed by atoms with Crippen molar-refractivity contribution >= 4 is 11.9 Å². The quantitative estimate of drug-likeness (QED) is 0.313. The van der Waals surface area contributed by atoms with Gasteiger partial charge in [0.1, 0.15) is 0 Å². The molecule has 0 radical (unpaired) electrons. The fraction of sp³-hybridized carbons (Fsp3) is 0.500. The molecule has 0 aromatic rings. The molecule has 0 heterocycles. The van der Waals surface area contributed by atoms with Gasteiger partial charge in [0.05, 0.1) is 6.61 Å². The predicted molar refractivity (Wildman–Crippen MR) is 61.0 cm³/mol. The third-order valence-electron chi connectivity index (χ3n) is 2.23. The van der Waals surface area contributed by atoms with Gasteiger partial charge in [-0.1, -0.05) is 6.08 Å². The molecule has 0 saturated carbocycles. The molecule has 0 unspecified atom stereocenters. The SMILES string of the molecule is C=CCCCCOC(=O)/C(C)=C(/C)C(=O)O. The Kier molecular flexibility index (Phi) is 6.92. The van der Waals surface area contributed by atoms with Crippen molar-refractivity contribution in [3.05, 3.63) is 23.8 Å². The maximum absolute atomic E-state index is 11.4. The molecule has 0 spiro atoms. The van der Waals surface area contributed by atoms with Crippen molar-refractivity contribution in [2.75, 3.05) is 6.61 Å². The molecule has 4 heteroatoms. The molecule has 16 heavy (non-hydrogen) atoms. The maximum atomic E-state index is 11.4. The van der Waals surface area contributed by atoms with Gasteiger partial charge in [0.15, 0.2) is 0 Å². The van der Waals surface area contributed by atoms with Gasteiger partial charge < -0.3 is 9.84 Å². The van der Waals surface area contributed by atoms with Crippen LogP contribution in [0.25, 0.3) is 0 Å². The first kappa shape index (κ1) is 14.4. The number of carboxylic acids is 1. The van der Waals surface area contributed by atoms with Crippen LogP contribution in [-0.2, 0) is 14.3 Å². The van der Waals surface area contributed by atoms with Crippen molar-refractivity contribution in [2.45, 2.75) is 33.1 Å². The zero-order valence-electron chi connectivity index (χ0n) is 9.78. The highest BCUT2D eigenvalue weighted by Crippen LogP contribution is 2.06. The van der Waals surface area contributed by atoms with E-state index in [1.54, 1.807) is 0 Å². The summed E-state index contributed by atoms with van der Waals surface area (Å²) in [4.78, 5) is 21.9. The molecule has 0 aliphatic heterocycles. The molecule has 0 aromatic carbocycles. The van der Waals surface area contributed by atoms with Crippen LogP contribution in [0.1, 0.15) is 33.1 Å². The molecule has 1 N–H and O–H groups in total. The van der Waals surface area contributed by atoms with Crippen LogP contribution in [0.3, 0.4) is 0 Å². The van der Waals surface area contributed by atoms with Gasteiger partial charge in [-0.25, -0.2) is 9.59 Å². The molecule has 0 atom stereocenters. The van der Waals surface area contributed by atoms with Crippen molar-refractivity contribution in [1.29, 1.82) is 0 Å². The number of carbonyl (C=O) groups is 2. The number of esters is 1. The van der Waals surface area contributed by atoms with E-state index in [1.807, 2.05) is 6.08 Å². The minimum atomic E-state index is -1.10. The van der Waals surface area contributed by atoms with Gasteiger partial charge in [0.25, 0.3) is 0 Å². The zero-order chi connectivity index (χ0) is 12.6. The Morgan fingerprint density at radius 3 is 2.38 bits per heavy atom. The molecule has 90 valence electrons. The van der Waals surface area contributed by atoms with E-state index in [-0.39, 0.29) is 11.1 Å². The summed E-state index contributed by atoms with van der Waals surface area (Å²) in [6.45, 7) is 6.74. The summed E-state index contributed by atoms with van der Waals surface area (Å²) in [5.41, 5.74) is 0.173. The topological polar surface area (TPSA) is 63.6 Å². The second kappa shape index (κ2) is 7.68. The Morgan fingerprint density at radius 2 is 1.88 bits per heavy atom. The maximum Gasteiger partial charge on any atom is 0.334 e. The van der Waals surface area contributed by atoms with Crippen LogP contribution >= 0.6 is 0 Å². The number of rotatable bonds is 7. The fourth-order valence-corrected chi connectivity index (χ4v) is 0.977. The predicted octanol–water partition coefficient (Wildman–Crippen LogP) is 2.31. The Hall–Kier alpha value is -1.58. The largest absolute Gasteiger partial charge is 0.478 e. The number of carbonyl (C=O) groups excluding carboxylic acids is 1. The van der Waals surface area contributed by atoms with Gasteiger partial charge in [0, 0.05) is 11.1 Å². The van der Waals surface area contributed by atoms with Gasteiger partial charge in [-0.3, -0.25) is 0 Å². The Balaban J connectivity index is 4.02. The average Bonchev–Trinajstić information content (AvgIpc) is 2.26. The molecule has 0 fully saturated rings. The second-order valence-corrected chi connectivity index (χ2v) is 3.48. The molecular formula is C12H18O4. The van der Waals surface area contributed by atoms with Crippen molar-refractivity contribution < 1.29 is 19.4 Å². The molecule has 0 amide bonds. The lowest BCUT2D eigenvalue weighted by molar-refractivity contribution is -0.140. The number of allylic oxidation sites excluding steroid dienone is 1. The normalized spacial score (nSPS) is 11.6. The summed E-state index contributed by atoms with van der Waals surface area (Å²) in [7, 11) is 0. The molecular weight excluding hydrogens is 208 g/mol. The second-order valence-electron chi connectivity index (χ2n) is 3.48. The van der Waals surface area contributed by atoms with E-state index < -0.39 is 11.9 Å². The summed E-state index contributed by atoms with van der Waals surface area (Å²) < 4.78 is 4.93. The monoisotopic (exact) mass is 226 g/mol. The van der Waals surface area contributed by atoms with Crippen molar-refractivity contribution in [3.63, 3.8) is 0 Å². The van der Waals surface area contributed by atoms with E-state index in [1.165, 1.54) is 13.8 Å². The van der Waals surface area contributed by atoms with Crippen LogP contribution in [0.4, 0.5) is 0 Å². The highest BCUT2D eigenvalue weighted by atomic mass is 16.5. The first-order valence-electron chi connectivity index (χ1n) is 5.19. The van der Waals surface area contributed by atoms with E-state index in [0.717, 1.165) is 19.3 Å². The van der Waals surface area contributed by atoms with Gasteiger partial charge in [-0.05, 0) is 33.1 Å². The van der Waals surface area contributed by atoms with E-state index in [9.17, 15) is 9.59 Å². The number of hydrogen-bond donors (Lipinski definition) is 1. The van der Waals surface area contributed by atoms with Gasteiger partial charge in [-0.2, -0.15) is 0 Å². The molecule has 0 aromatic heterocycles. The lowest BCUT2D eigenvalue weighted by Crippen LogP contribution is -2.11. The Morgan fingerprint density at radius 1 is 1.25 bits per heavy atom. The van der Waals surface area contributed by atoms with Crippen LogP contribution in [0, 0.1) is 0 Å². The fourth-order valence-electron chi connectivity index (χ4n) is 0.977. The number of unbranched alkanes of at least 4 members (excludes halogenated alkanes) is 2. The summed E-state index contributed by atoms with van der Waals surface area (Å²) in [6.07, 6.45) is 4.37. The lowest BCUT2D eigenvalue weighted by atomic mass is 10.1. The highest BCUT2D eigenvalue weighted by molar-refractivity contribution is 5.98. The van der Waals surface area contributed by atoms with E-state index in [0.29, 0.717) is 6.61 Å². The number of carboxylic acid groups (broad SMARTS) is 1. The van der Waals surface area contributed by atoms with Crippen LogP contribution in [0.15, 0.2) is 23.8 Å². The minimum absolute atomic E-state index is 0.0242. The van der Waals surface area contributed by atoms with E-state index >= 15 is 0 Å². The lowest BCUT2D eigenvalue weighted by Gasteiger charge is -2.05. The molecule has 0 aliphatic rings. The summed E-state index contributed by atoms with van der Waals surface area (Å²) in [5.74, 6) is -1.65. The standard InChI is InChI=1S/C12H18O4/c1-4-5-6-7-8-16-12(15)10(3)9(2)11(13)14/h4H,1,5-8H2,2-3H3,(H,13,14)/b10-9-. The third-order valence-corrected chi connectivity index (χ3v) is 2.23. The zero-order valence-corrected chi connectivity index (χ0v) is 9.78. The minimum Gasteiger partial charge on any atom is -0.478 e. The summed E-state index contributed by atoms with van der Waals surface area (Å²) in [6, 6.07) is 0. The number of aliphatic carboxylic acids is 1. The number of ether oxygens (including phenoxy) is 1. The van der Waals surface area contributed by atoms with E-state index in [2.05, 4.69) is 6.58 Å². The van der Waals surface area contributed by atoms with Crippen LogP contribution in [0.2, 0.25) is 0 Å². The smallest absolute Gasteiger partial charge is 0.334 e. The van der Waals surface area contributed by atoms with Gasteiger partial charge >= 0.3 is 11.9 Å². The van der Waals surface area contributed by atoms with E-state index in [4.69, 9.17) is 9.84 Å². The molecule has 0 rings (SSSR count). The van der Waals surface area contributed by atoms with Gasteiger partial charge in [0.2, 0.25) is 0 Å². The average molecular weight is 226 g/mol. The highest BCUT2D eigenvalue weighted by Gasteiger charge is 2.13. The van der Waals surface area contributed by atoms with Crippen molar-refractivity contribution in [1.82, 2.24) is 0 Å². The van der Waals surface area contributed by atoms with Crippen LogP contribution in [-0.4, -0.2) is 23.7 Å². The molecule has 0 saturated heterocycles. The first-order chi connectivity index (χ1) is 7.50. The number of hydrogen-bond acceptors (Lipinski definition) is 3. The van der Waals surface area contributed by atoms with Crippen molar-refractivity contribution in [2.24, 2.45) is 0 Å². The summed E-state index contributed by atoms with van der Waals surface area (Å²) >= 11 is 0. The Labute approximate surface area is 95.6 Å². The van der Waals surface area contributed by atoms with Crippen molar-refractivity contribution in [3.8, 4) is 0 Å². The van der Waals surface area contributed by atoms with Crippen LogP contribution in [0.5, 0.6) is 0 Å². The Bertz CT molecular complexity index is 302. The summed E-state index contributed by atoms with van der Waals surface area (Å²) in [5, 5.41) is 8.67. The van der Waals surface area contributed by atoms with Gasteiger partial charge in [-0.15, -0.1) is 6.58 Å². The molecule has 0 aliphatic carbocycles.